The molecule has 0 aliphatic heterocycles. The van der Waals surface area contributed by atoms with Crippen LogP contribution < -0.4 is 5.32 Å². The van der Waals surface area contributed by atoms with E-state index in [0.717, 1.165) is 17.5 Å². The van der Waals surface area contributed by atoms with Gasteiger partial charge in [-0.1, -0.05) is 62.4 Å². The summed E-state index contributed by atoms with van der Waals surface area (Å²) in [5.41, 5.74) is 4.53. The molecule has 0 aliphatic rings. The van der Waals surface area contributed by atoms with Gasteiger partial charge < -0.3 is 10.2 Å². The predicted molar refractivity (Wildman–Crippen MR) is 119 cm³/mol. The van der Waals surface area contributed by atoms with Crippen molar-refractivity contribution in [3.63, 3.8) is 0 Å². The molecular formula is C25H34N2O2. The molecule has 0 fully saturated rings. The smallest absolute Gasteiger partial charge is 0.242 e. The normalized spacial score (nSPS) is 11.9. The molecule has 2 rings (SSSR count). The van der Waals surface area contributed by atoms with E-state index in [1.54, 1.807) is 4.90 Å². The van der Waals surface area contributed by atoms with Gasteiger partial charge in [0.05, 0.1) is 6.42 Å². The van der Waals surface area contributed by atoms with Crippen molar-refractivity contribution >= 4 is 11.8 Å². The minimum atomic E-state index is -0.503. The molecule has 0 bridgehead atoms. The highest BCUT2D eigenvalue weighted by Gasteiger charge is 2.25. The third kappa shape index (κ3) is 7.04. The average Bonchev–Trinajstić information content (AvgIpc) is 2.69. The standard InChI is InChI=1S/C25H34N2O2/c1-18(2)17-26-25(29)21(5)27(14-13-22-9-7-6-8-10-22)24(28)16-23-12-11-19(3)20(4)15-23/h6-12,15,18,21H,13-14,16-17H2,1-5H3,(H,26,29). The van der Waals surface area contributed by atoms with E-state index >= 15 is 0 Å². The Bertz CT molecular complexity index is 815. The highest BCUT2D eigenvalue weighted by molar-refractivity contribution is 5.88. The number of aryl methyl sites for hydroxylation is 2. The Kier molecular flexibility index (Phi) is 8.44. The molecule has 156 valence electrons. The van der Waals surface area contributed by atoms with Crippen LogP contribution in [0.1, 0.15) is 43.0 Å². The summed E-state index contributed by atoms with van der Waals surface area (Å²) in [6, 6.07) is 15.7. The fraction of sp³-hybridized carbons (Fsp3) is 0.440. The summed E-state index contributed by atoms with van der Waals surface area (Å²) >= 11 is 0. The van der Waals surface area contributed by atoms with Crippen molar-refractivity contribution in [3.8, 4) is 0 Å². The summed E-state index contributed by atoms with van der Waals surface area (Å²) in [7, 11) is 0. The fourth-order valence-corrected chi connectivity index (χ4v) is 3.21. The summed E-state index contributed by atoms with van der Waals surface area (Å²) in [4.78, 5) is 27.5. The van der Waals surface area contributed by atoms with Gasteiger partial charge in [0.2, 0.25) is 11.8 Å². The molecule has 1 unspecified atom stereocenters. The van der Waals surface area contributed by atoms with Crippen LogP contribution in [0.4, 0.5) is 0 Å². The minimum Gasteiger partial charge on any atom is -0.354 e. The van der Waals surface area contributed by atoms with Crippen LogP contribution in [0.25, 0.3) is 0 Å². The molecule has 0 aromatic heterocycles. The van der Waals surface area contributed by atoms with Gasteiger partial charge in [-0.05, 0) is 55.4 Å². The van der Waals surface area contributed by atoms with E-state index in [9.17, 15) is 9.59 Å². The van der Waals surface area contributed by atoms with Gasteiger partial charge in [-0.15, -0.1) is 0 Å². The van der Waals surface area contributed by atoms with E-state index in [1.807, 2.05) is 37.3 Å². The number of hydrogen-bond donors (Lipinski definition) is 1. The van der Waals surface area contributed by atoms with Crippen LogP contribution in [-0.2, 0) is 22.4 Å². The Morgan fingerprint density at radius 2 is 1.62 bits per heavy atom. The molecular weight excluding hydrogens is 360 g/mol. The molecule has 1 atom stereocenters. The highest BCUT2D eigenvalue weighted by Crippen LogP contribution is 2.13. The third-order valence-corrected chi connectivity index (χ3v) is 5.26. The molecule has 2 aromatic rings. The number of rotatable bonds is 9. The molecule has 0 radical (unpaired) electrons. The number of benzene rings is 2. The van der Waals surface area contributed by atoms with Crippen LogP contribution in [0.2, 0.25) is 0 Å². The van der Waals surface area contributed by atoms with E-state index in [-0.39, 0.29) is 11.8 Å². The van der Waals surface area contributed by atoms with Crippen LogP contribution in [0.3, 0.4) is 0 Å². The summed E-state index contributed by atoms with van der Waals surface area (Å²) in [6.07, 6.45) is 1.03. The lowest BCUT2D eigenvalue weighted by Crippen LogP contribution is -2.49. The second-order valence-corrected chi connectivity index (χ2v) is 8.23. The monoisotopic (exact) mass is 394 g/mol. The first-order valence-electron chi connectivity index (χ1n) is 10.4. The molecule has 4 heteroatoms. The number of hydrogen-bond acceptors (Lipinski definition) is 2. The van der Waals surface area contributed by atoms with E-state index in [0.29, 0.717) is 25.4 Å². The first-order chi connectivity index (χ1) is 13.8. The maximum Gasteiger partial charge on any atom is 0.242 e. The van der Waals surface area contributed by atoms with Gasteiger partial charge in [0.15, 0.2) is 0 Å². The lowest BCUT2D eigenvalue weighted by molar-refractivity contribution is -0.139. The van der Waals surface area contributed by atoms with Gasteiger partial charge in [-0.2, -0.15) is 0 Å². The minimum absolute atomic E-state index is 0.0172. The van der Waals surface area contributed by atoms with Crippen LogP contribution in [0.15, 0.2) is 48.5 Å². The van der Waals surface area contributed by atoms with Gasteiger partial charge in [-0.25, -0.2) is 0 Å². The van der Waals surface area contributed by atoms with Crippen LogP contribution in [0.5, 0.6) is 0 Å². The molecule has 0 heterocycles. The number of nitrogens with zero attached hydrogens (tertiary/aromatic N) is 1. The van der Waals surface area contributed by atoms with Gasteiger partial charge in [0.1, 0.15) is 6.04 Å². The Labute approximate surface area is 175 Å². The van der Waals surface area contributed by atoms with Crippen molar-refractivity contribution in [3.05, 3.63) is 70.8 Å². The van der Waals surface area contributed by atoms with E-state index in [2.05, 4.69) is 51.2 Å². The second kappa shape index (κ2) is 10.8. The fourth-order valence-electron chi connectivity index (χ4n) is 3.21. The Morgan fingerprint density at radius 3 is 2.24 bits per heavy atom. The Hall–Kier alpha value is -2.62. The van der Waals surface area contributed by atoms with E-state index in [4.69, 9.17) is 0 Å². The van der Waals surface area contributed by atoms with Gasteiger partial charge in [-0.3, -0.25) is 9.59 Å². The molecule has 2 amide bonds. The molecule has 29 heavy (non-hydrogen) atoms. The molecule has 0 saturated carbocycles. The number of carbonyl (C=O) groups is 2. The maximum atomic E-state index is 13.2. The summed E-state index contributed by atoms with van der Waals surface area (Å²) in [5.74, 6) is 0.256. The zero-order valence-corrected chi connectivity index (χ0v) is 18.4. The van der Waals surface area contributed by atoms with Crippen molar-refractivity contribution < 1.29 is 9.59 Å². The van der Waals surface area contributed by atoms with Crippen molar-refractivity contribution in [2.24, 2.45) is 5.92 Å². The Balaban J connectivity index is 2.13. The zero-order chi connectivity index (χ0) is 21.4. The van der Waals surface area contributed by atoms with Crippen LogP contribution in [-0.4, -0.2) is 35.8 Å². The largest absolute Gasteiger partial charge is 0.354 e. The van der Waals surface area contributed by atoms with Crippen molar-refractivity contribution in [1.82, 2.24) is 10.2 Å². The predicted octanol–water partition coefficient (Wildman–Crippen LogP) is 4.08. The van der Waals surface area contributed by atoms with Gasteiger partial charge >= 0.3 is 0 Å². The Morgan fingerprint density at radius 1 is 0.931 bits per heavy atom. The molecule has 0 aliphatic carbocycles. The third-order valence-electron chi connectivity index (χ3n) is 5.26. The highest BCUT2D eigenvalue weighted by atomic mass is 16.2. The van der Waals surface area contributed by atoms with Crippen molar-refractivity contribution in [2.75, 3.05) is 13.1 Å². The first-order valence-corrected chi connectivity index (χ1v) is 10.4. The van der Waals surface area contributed by atoms with Gasteiger partial charge in [0, 0.05) is 13.1 Å². The molecule has 4 nitrogen and oxygen atoms in total. The van der Waals surface area contributed by atoms with Crippen LogP contribution in [0, 0.1) is 19.8 Å². The van der Waals surface area contributed by atoms with E-state index in [1.165, 1.54) is 11.1 Å². The number of amides is 2. The SMILES string of the molecule is Cc1ccc(CC(=O)N(CCc2ccccc2)C(C)C(=O)NCC(C)C)cc1C. The summed E-state index contributed by atoms with van der Waals surface area (Å²) < 4.78 is 0. The molecule has 0 spiro atoms. The average molecular weight is 395 g/mol. The van der Waals surface area contributed by atoms with Crippen LogP contribution >= 0.6 is 0 Å². The van der Waals surface area contributed by atoms with E-state index < -0.39 is 6.04 Å². The van der Waals surface area contributed by atoms with Gasteiger partial charge in [0.25, 0.3) is 0 Å². The zero-order valence-electron chi connectivity index (χ0n) is 18.4. The molecule has 1 N–H and O–H groups in total. The van der Waals surface area contributed by atoms with Crippen molar-refractivity contribution in [2.45, 2.75) is 53.5 Å². The number of nitrogens with one attached hydrogen (secondary N) is 1. The maximum absolute atomic E-state index is 13.2. The molecule has 2 aromatic carbocycles. The second-order valence-electron chi connectivity index (χ2n) is 8.23. The number of carbonyl (C=O) groups excluding carboxylic acids is 2. The summed E-state index contributed by atoms with van der Waals surface area (Å²) in [5, 5.41) is 2.96. The summed E-state index contributed by atoms with van der Waals surface area (Å²) in [6.45, 7) is 11.2. The first kappa shape index (κ1) is 22.7. The lowest BCUT2D eigenvalue weighted by Gasteiger charge is -2.29. The van der Waals surface area contributed by atoms with Crippen molar-refractivity contribution in [1.29, 1.82) is 0 Å². The molecule has 0 saturated heterocycles. The lowest BCUT2D eigenvalue weighted by atomic mass is 10.0. The quantitative estimate of drug-likeness (QED) is 0.697. The topological polar surface area (TPSA) is 49.4 Å².